The number of hydrogen-bond donors (Lipinski definition) is 0. The van der Waals surface area contributed by atoms with Crippen molar-refractivity contribution >= 4 is 15.9 Å². The average Bonchev–Trinajstić information content (AvgIpc) is 4.06. The maximum absolute atomic E-state index is 6.28. The minimum Gasteiger partial charge on any atom is -0.497 e. The maximum atomic E-state index is 6.28. The molecular formula is C43H53BrN2O4. The molecule has 4 aromatic carbocycles. The number of methoxy groups -OCH3 is 2. The summed E-state index contributed by atoms with van der Waals surface area (Å²) in [5, 5.41) is 0. The number of rotatable bonds is 5. The second-order valence-electron chi connectivity index (χ2n) is 14.3. The van der Waals surface area contributed by atoms with Gasteiger partial charge in [0.1, 0.15) is 23.7 Å². The number of fused-ring (bicyclic) bond motifs is 2. The Morgan fingerprint density at radius 3 is 1.60 bits per heavy atom. The lowest BCUT2D eigenvalue weighted by molar-refractivity contribution is 0.0552. The normalized spacial score (nSPS) is 20.9. The number of hydrogen-bond acceptors (Lipinski definition) is 6. The van der Waals surface area contributed by atoms with Crippen molar-refractivity contribution in [3.05, 3.63) is 128 Å². The zero-order valence-electron chi connectivity index (χ0n) is 30.4. The van der Waals surface area contributed by atoms with E-state index in [1.807, 2.05) is 24.3 Å². The molecule has 0 bridgehead atoms. The minimum absolute atomic E-state index is 0.0166. The minimum atomic E-state index is -0.0492. The van der Waals surface area contributed by atoms with Gasteiger partial charge in [-0.05, 0) is 114 Å². The van der Waals surface area contributed by atoms with E-state index in [0.717, 1.165) is 66.2 Å². The predicted octanol–water partition coefficient (Wildman–Crippen LogP) is 9.55. The van der Waals surface area contributed by atoms with Crippen LogP contribution in [0.3, 0.4) is 0 Å². The molecule has 0 spiro atoms. The monoisotopic (exact) mass is 740 g/mol. The van der Waals surface area contributed by atoms with Gasteiger partial charge < -0.3 is 18.9 Å². The number of halogens is 1. The van der Waals surface area contributed by atoms with Crippen molar-refractivity contribution in [2.75, 3.05) is 54.6 Å². The maximum Gasteiger partial charge on any atom is 0.119 e. The van der Waals surface area contributed by atoms with Crippen molar-refractivity contribution in [1.82, 2.24) is 9.80 Å². The van der Waals surface area contributed by atoms with Crippen LogP contribution in [0, 0.1) is 5.92 Å². The molecule has 0 radical (unpaired) electrons. The third-order valence-corrected chi connectivity index (χ3v) is 10.4. The largest absolute Gasteiger partial charge is 0.497 e. The first-order chi connectivity index (χ1) is 24.3. The number of benzene rings is 4. The fraction of sp³-hybridized carbons (Fsp3) is 0.442. The van der Waals surface area contributed by atoms with E-state index < -0.39 is 0 Å². The highest BCUT2D eigenvalue weighted by Crippen LogP contribution is 2.42. The standard InChI is InChI=1S/C21H25NO2.C18H20BrNO2.C4H8/c1-22-10-11-24-21(17-4-3-5-19(13-17)23-2)20-9-8-16(15-6-7-15)12-18(20)14-22;1-20-8-9-22-18(13-4-3-5-16(11-13)21-2)17-7-6-15(19)10-14(17)12-20;1-4-2-3-4/h3-5,8-9,12-13,15,21H,6-7,10-11,14H2,1-2H3;3-7,10-11,18H,8-9,12H2,1-2H3;4H,2-3H2,1H3. The van der Waals surface area contributed by atoms with E-state index in [1.54, 1.807) is 14.2 Å². The molecule has 2 heterocycles. The first-order valence-electron chi connectivity index (χ1n) is 18.1. The Morgan fingerprint density at radius 2 is 1.12 bits per heavy atom. The summed E-state index contributed by atoms with van der Waals surface area (Å²) in [6.07, 6.45) is 5.58. The topological polar surface area (TPSA) is 43.4 Å². The highest BCUT2D eigenvalue weighted by atomic mass is 79.9. The molecule has 6 nitrogen and oxygen atoms in total. The van der Waals surface area contributed by atoms with Gasteiger partial charge in [-0.1, -0.05) is 84.2 Å². The van der Waals surface area contributed by atoms with Crippen LogP contribution in [0.25, 0.3) is 0 Å². The molecule has 4 aromatic rings. The van der Waals surface area contributed by atoms with Gasteiger partial charge >= 0.3 is 0 Å². The van der Waals surface area contributed by atoms with Crippen molar-refractivity contribution in [1.29, 1.82) is 0 Å². The molecule has 0 N–H and O–H groups in total. The van der Waals surface area contributed by atoms with Crippen molar-refractivity contribution in [3.63, 3.8) is 0 Å². The molecule has 266 valence electrons. The van der Waals surface area contributed by atoms with Gasteiger partial charge in [0.15, 0.2) is 0 Å². The van der Waals surface area contributed by atoms with E-state index in [-0.39, 0.29) is 12.2 Å². The molecule has 0 saturated heterocycles. The van der Waals surface area contributed by atoms with Crippen molar-refractivity contribution in [2.45, 2.75) is 63.8 Å². The van der Waals surface area contributed by atoms with Crippen LogP contribution >= 0.6 is 15.9 Å². The third-order valence-electron chi connectivity index (χ3n) is 9.94. The lowest BCUT2D eigenvalue weighted by atomic mass is 9.93. The van der Waals surface area contributed by atoms with Crippen molar-refractivity contribution in [3.8, 4) is 11.5 Å². The highest BCUT2D eigenvalue weighted by Gasteiger charge is 2.27. The molecule has 0 aromatic heterocycles. The molecule has 4 aliphatic rings. The summed E-state index contributed by atoms with van der Waals surface area (Å²) in [6.45, 7) is 7.52. The van der Waals surface area contributed by atoms with E-state index in [2.05, 4.69) is 107 Å². The zero-order valence-corrected chi connectivity index (χ0v) is 32.0. The molecule has 2 aliphatic carbocycles. The lowest BCUT2D eigenvalue weighted by Crippen LogP contribution is -2.28. The lowest BCUT2D eigenvalue weighted by Gasteiger charge is -2.29. The quantitative estimate of drug-likeness (QED) is 0.203. The zero-order chi connectivity index (χ0) is 35.0. The molecule has 50 heavy (non-hydrogen) atoms. The predicted molar refractivity (Wildman–Crippen MR) is 205 cm³/mol. The molecule has 0 amide bonds. The van der Waals surface area contributed by atoms with Crippen LogP contribution in [0.4, 0.5) is 0 Å². The fourth-order valence-corrected chi connectivity index (χ4v) is 6.96. The van der Waals surface area contributed by atoms with Crippen LogP contribution in [0.15, 0.2) is 89.4 Å². The van der Waals surface area contributed by atoms with E-state index >= 15 is 0 Å². The van der Waals surface area contributed by atoms with Gasteiger partial charge in [0.2, 0.25) is 0 Å². The number of likely N-dealkylation sites (N-methyl/N-ethyl adjacent to an activating group) is 2. The summed E-state index contributed by atoms with van der Waals surface area (Å²) in [4.78, 5) is 4.63. The highest BCUT2D eigenvalue weighted by molar-refractivity contribution is 9.10. The molecule has 2 unspecified atom stereocenters. The fourth-order valence-electron chi connectivity index (χ4n) is 6.56. The van der Waals surface area contributed by atoms with Gasteiger partial charge in [-0.2, -0.15) is 0 Å². The van der Waals surface area contributed by atoms with Gasteiger partial charge in [-0.15, -0.1) is 0 Å². The van der Waals surface area contributed by atoms with E-state index in [1.165, 1.54) is 59.1 Å². The van der Waals surface area contributed by atoms with E-state index in [9.17, 15) is 0 Å². The van der Waals surface area contributed by atoms with Crippen molar-refractivity contribution in [2.24, 2.45) is 5.92 Å². The van der Waals surface area contributed by atoms with E-state index in [4.69, 9.17) is 18.9 Å². The van der Waals surface area contributed by atoms with Crippen LogP contribution < -0.4 is 9.47 Å². The van der Waals surface area contributed by atoms with Gasteiger partial charge in [0.25, 0.3) is 0 Å². The van der Waals surface area contributed by atoms with Crippen molar-refractivity contribution < 1.29 is 18.9 Å². The Hall–Kier alpha value is -3.20. The van der Waals surface area contributed by atoms with Crippen LogP contribution in [0.1, 0.15) is 89.7 Å². The summed E-state index contributed by atoms with van der Waals surface area (Å²) in [6, 6.07) is 29.8. The molecule has 7 heteroatoms. The van der Waals surface area contributed by atoms with Gasteiger partial charge in [-0.3, -0.25) is 9.80 Å². The number of nitrogens with zero attached hydrogens (tertiary/aromatic N) is 2. The summed E-state index contributed by atoms with van der Waals surface area (Å²) in [5.41, 5.74) is 9.00. The van der Waals surface area contributed by atoms with Gasteiger partial charge in [0, 0.05) is 30.7 Å². The second kappa shape index (κ2) is 17.3. The summed E-state index contributed by atoms with van der Waals surface area (Å²) in [7, 11) is 7.70. The van der Waals surface area contributed by atoms with Crippen LogP contribution in [0.2, 0.25) is 0 Å². The Bertz CT molecular complexity index is 1700. The van der Waals surface area contributed by atoms with Gasteiger partial charge in [-0.25, -0.2) is 0 Å². The molecule has 2 saturated carbocycles. The van der Waals surface area contributed by atoms with Crippen LogP contribution in [0.5, 0.6) is 11.5 Å². The summed E-state index contributed by atoms with van der Waals surface area (Å²) in [5.74, 6) is 3.60. The van der Waals surface area contributed by atoms with Crippen LogP contribution in [-0.2, 0) is 22.6 Å². The molecule has 2 aliphatic heterocycles. The molecular weight excluding hydrogens is 688 g/mol. The number of ether oxygens (including phenoxy) is 4. The molecule has 2 atom stereocenters. The first-order valence-corrected chi connectivity index (χ1v) is 18.9. The Balaban J connectivity index is 0.000000156. The first kappa shape index (κ1) is 36.6. The summed E-state index contributed by atoms with van der Waals surface area (Å²) < 4.78 is 24.3. The Morgan fingerprint density at radius 1 is 0.620 bits per heavy atom. The SMILES string of the molecule is CC1CC1.COc1cccc(C2OCCN(C)Cc3cc(Br)ccc32)c1.COc1cccc(C2OCCN(C)Cc3cc(C4CC4)ccc32)c1. The smallest absolute Gasteiger partial charge is 0.119 e. The van der Waals surface area contributed by atoms with Crippen LogP contribution in [-0.4, -0.2) is 64.4 Å². The summed E-state index contributed by atoms with van der Waals surface area (Å²) >= 11 is 3.58. The molecule has 8 rings (SSSR count). The van der Waals surface area contributed by atoms with E-state index in [0.29, 0.717) is 6.61 Å². The molecule has 2 fully saturated rings. The Labute approximate surface area is 307 Å². The average molecular weight is 742 g/mol. The second-order valence-corrected chi connectivity index (χ2v) is 15.2. The van der Waals surface area contributed by atoms with Gasteiger partial charge in [0.05, 0.1) is 27.4 Å². The third kappa shape index (κ3) is 9.98. The Kier molecular flexibility index (Phi) is 12.7.